The summed E-state index contributed by atoms with van der Waals surface area (Å²) in [5, 5.41) is 5.35. The van der Waals surface area contributed by atoms with Crippen molar-refractivity contribution < 1.29 is 4.79 Å². The van der Waals surface area contributed by atoms with Crippen molar-refractivity contribution in [3.05, 3.63) is 21.9 Å². The molecule has 1 saturated heterocycles. The van der Waals surface area contributed by atoms with E-state index in [9.17, 15) is 4.79 Å². The zero-order valence-corrected chi connectivity index (χ0v) is 12.6. The van der Waals surface area contributed by atoms with Crippen LogP contribution in [0, 0.1) is 5.41 Å². The van der Waals surface area contributed by atoms with E-state index in [0.29, 0.717) is 11.0 Å². The summed E-state index contributed by atoms with van der Waals surface area (Å²) in [6.07, 6.45) is 2.49. The highest BCUT2D eigenvalue weighted by Crippen LogP contribution is 2.29. The van der Waals surface area contributed by atoms with Crippen LogP contribution in [0.3, 0.4) is 0 Å². The number of nitrogens with two attached hydrogens (primary N) is 1. The van der Waals surface area contributed by atoms with Gasteiger partial charge in [0.25, 0.3) is 0 Å². The summed E-state index contributed by atoms with van der Waals surface area (Å²) in [4.78, 5) is 14.6. The van der Waals surface area contributed by atoms with Crippen molar-refractivity contribution in [3.8, 4) is 0 Å². The maximum absolute atomic E-state index is 11.0. The van der Waals surface area contributed by atoms with Gasteiger partial charge in [0.15, 0.2) is 0 Å². The monoisotopic (exact) mass is 281 g/mol. The third-order valence-electron chi connectivity index (χ3n) is 3.98. The molecule has 1 aliphatic heterocycles. The van der Waals surface area contributed by atoms with E-state index in [1.165, 1.54) is 30.8 Å². The lowest BCUT2D eigenvalue weighted by atomic mass is 9.80. The molecule has 0 radical (unpaired) electrons. The largest absolute Gasteiger partial charge is 0.366 e. The molecule has 0 aromatic carbocycles. The number of hydrogen-bond donors (Lipinski definition) is 2. The summed E-state index contributed by atoms with van der Waals surface area (Å²) < 4.78 is 0. The van der Waals surface area contributed by atoms with Gasteiger partial charge in [-0.05, 0) is 44.5 Å². The number of carbonyl (C=O) groups excluding carboxylic acids is 1. The molecule has 0 atom stereocenters. The first-order valence-corrected chi connectivity index (χ1v) is 7.63. The molecule has 0 spiro atoms. The number of amides is 1. The van der Waals surface area contributed by atoms with Crippen LogP contribution in [0.5, 0.6) is 0 Å². The molecule has 0 unspecified atom stereocenters. The van der Waals surface area contributed by atoms with Gasteiger partial charge < -0.3 is 16.0 Å². The summed E-state index contributed by atoms with van der Waals surface area (Å²) in [5.41, 5.74) is 6.27. The molecule has 0 bridgehead atoms. The van der Waals surface area contributed by atoms with Crippen LogP contribution in [0.25, 0.3) is 0 Å². The first-order valence-electron chi connectivity index (χ1n) is 6.75. The Morgan fingerprint density at radius 1 is 1.53 bits per heavy atom. The molecule has 0 saturated carbocycles. The first kappa shape index (κ1) is 14.5. The van der Waals surface area contributed by atoms with Crippen LogP contribution >= 0.6 is 11.3 Å². The fourth-order valence-electron chi connectivity index (χ4n) is 2.43. The lowest BCUT2D eigenvalue weighted by Crippen LogP contribution is -2.41. The van der Waals surface area contributed by atoms with Gasteiger partial charge in [-0.1, -0.05) is 6.92 Å². The van der Waals surface area contributed by atoms with E-state index < -0.39 is 0 Å². The van der Waals surface area contributed by atoms with Crippen LogP contribution < -0.4 is 11.1 Å². The van der Waals surface area contributed by atoms with Crippen molar-refractivity contribution in [2.75, 3.05) is 26.7 Å². The highest BCUT2D eigenvalue weighted by molar-refractivity contribution is 7.10. The second-order valence-corrected chi connectivity index (χ2v) is 6.88. The molecule has 0 aliphatic carbocycles. The van der Waals surface area contributed by atoms with Gasteiger partial charge in [0.1, 0.15) is 0 Å². The Morgan fingerprint density at radius 3 is 2.79 bits per heavy atom. The number of piperidine rings is 1. The van der Waals surface area contributed by atoms with Crippen LogP contribution in [0.4, 0.5) is 0 Å². The molecule has 1 fully saturated rings. The number of nitrogens with one attached hydrogen (secondary N) is 1. The summed E-state index contributed by atoms with van der Waals surface area (Å²) in [7, 11) is 2.18. The van der Waals surface area contributed by atoms with E-state index in [1.54, 1.807) is 11.3 Å². The van der Waals surface area contributed by atoms with Gasteiger partial charge in [-0.3, -0.25) is 4.79 Å². The third kappa shape index (κ3) is 4.03. The molecule has 5 heteroatoms. The summed E-state index contributed by atoms with van der Waals surface area (Å²) in [6.45, 7) is 6.58. The van der Waals surface area contributed by atoms with Gasteiger partial charge in [0, 0.05) is 23.3 Å². The summed E-state index contributed by atoms with van der Waals surface area (Å²) >= 11 is 1.59. The van der Waals surface area contributed by atoms with Crippen molar-refractivity contribution in [1.82, 2.24) is 10.2 Å². The SMILES string of the molecule is CN1CCC(C)(CNCc2cc(C(N)=O)cs2)CC1. The Labute approximate surface area is 119 Å². The third-order valence-corrected chi connectivity index (χ3v) is 4.92. The molecule has 106 valence electrons. The second kappa shape index (κ2) is 6.03. The Balaban J connectivity index is 1.78. The van der Waals surface area contributed by atoms with E-state index in [4.69, 9.17) is 5.73 Å². The molecule has 1 amide bonds. The van der Waals surface area contributed by atoms with Crippen LogP contribution in [-0.2, 0) is 6.54 Å². The van der Waals surface area contributed by atoms with Crippen LogP contribution in [0.15, 0.2) is 11.4 Å². The van der Waals surface area contributed by atoms with Crippen LogP contribution in [0.1, 0.15) is 35.0 Å². The van der Waals surface area contributed by atoms with E-state index in [1.807, 2.05) is 11.4 Å². The van der Waals surface area contributed by atoms with E-state index >= 15 is 0 Å². The highest BCUT2D eigenvalue weighted by atomic mass is 32.1. The fraction of sp³-hybridized carbons (Fsp3) is 0.643. The number of nitrogens with zero attached hydrogens (tertiary/aromatic N) is 1. The minimum atomic E-state index is -0.343. The molecular weight excluding hydrogens is 258 g/mol. The lowest BCUT2D eigenvalue weighted by molar-refractivity contribution is 0.100. The van der Waals surface area contributed by atoms with Crippen molar-refractivity contribution >= 4 is 17.2 Å². The minimum Gasteiger partial charge on any atom is -0.366 e. The molecule has 2 rings (SSSR count). The lowest BCUT2D eigenvalue weighted by Gasteiger charge is -2.38. The molecular formula is C14H23N3OS. The number of rotatable bonds is 5. The molecule has 1 aromatic rings. The molecule has 2 heterocycles. The van der Waals surface area contributed by atoms with Gasteiger partial charge >= 0.3 is 0 Å². The fourth-order valence-corrected chi connectivity index (χ4v) is 3.27. The average molecular weight is 281 g/mol. The Bertz CT molecular complexity index is 436. The minimum absolute atomic E-state index is 0.343. The molecule has 1 aromatic heterocycles. The average Bonchev–Trinajstić information content (AvgIpc) is 2.82. The number of thiophene rings is 1. The van der Waals surface area contributed by atoms with Crippen molar-refractivity contribution in [3.63, 3.8) is 0 Å². The van der Waals surface area contributed by atoms with Gasteiger partial charge in [-0.15, -0.1) is 11.3 Å². The van der Waals surface area contributed by atoms with Gasteiger partial charge in [-0.25, -0.2) is 0 Å². The van der Waals surface area contributed by atoms with Gasteiger partial charge in [-0.2, -0.15) is 0 Å². The molecule has 3 N–H and O–H groups in total. The van der Waals surface area contributed by atoms with Crippen molar-refractivity contribution in [2.45, 2.75) is 26.3 Å². The molecule has 4 nitrogen and oxygen atoms in total. The van der Waals surface area contributed by atoms with E-state index in [0.717, 1.165) is 13.1 Å². The van der Waals surface area contributed by atoms with Gasteiger partial charge in [0.05, 0.1) is 5.56 Å². The highest BCUT2D eigenvalue weighted by Gasteiger charge is 2.28. The first-order chi connectivity index (χ1) is 8.98. The maximum atomic E-state index is 11.0. The number of hydrogen-bond acceptors (Lipinski definition) is 4. The zero-order chi connectivity index (χ0) is 13.9. The number of likely N-dealkylation sites (tertiary alicyclic amines) is 1. The standard InChI is InChI=1S/C14H23N3OS/c1-14(3-5-17(2)6-4-14)10-16-8-12-7-11(9-19-12)13(15)18/h7,9,16H,3-6,8,10H2,1-2H3,(H2,15,18). The van der Waals surface area contributed by atoms with E-state index in [-0.39, 0.29) is 5.91 Å². The second-order valence-electron chi connectivity index (χ2n) is 5.88. The van der Waals surface area contributed by atoms with Crippen molar-refractivity contribution in [1.29, 1.82) is 0 Å². The number of carbonyl (C=O) groups is 1. The molecule has 1 aliphatic rings. The zero-order valence-electron chi connectivity index (χ0n) is 11.7. The predicted molar refractivity (Wildman–Crippen MR) is 79.4 cm³/mol. The Kier molecular flexibility index (Phi) is 4.60. The summed E-state index contributed by atoms with van der Waals surface area (Å²) in [5.74, 6) is -0.343. The predicted octanol–water partition coefficient (Wildman–Crippen LogP) is 1.67. The quantitative estimate of drug-likeness (QED) is 0.863. The van der Waals surface area contributed by atoms with Crippen LogP contribution in [-0.4, -0.2) is 37.5 Å². The maximum Gasteiger partial charge on any atom is 0.249 e. The molecule has 19 heavy (non-hydrogen) atoms. The summed E-state index contributed by atoms with van der Waals surface area (Å²) in [6, 6.07) is 1.89. The van der Waals surface area contributed by atoms with Crippen LogP contribution in [0.2, 0.25) is 0 Å². The topological polar surface area (TPSA) is 58.4 Å². The normalized spacial score (nSPS) is 19.5. The Hall–Kier alpha value is -0.910. The van der Waals surface area contributed by atoms with Crippen molar-refractivity contribution in [2.24, 2.45) is 11.1 Å². The smallest absolute Gasteiger partial charge is 0.249 e. The Morgan fingerprint density at radius 2 is 2.21 bits per heavy atom. The number of primary amides is 1. The van der Waals surface area contributed by atoms with Gasteiger partial charge in [0.2, 0.25) is 5.91 Å². The van der Waals surface area contributed by atoms with E-state index in [2.05, 4.69) is 24.2 Å².